The van der Waals surface area contributed by atoms with E-state index >= 15 is 0 Å². The Morgan fingerprint density at radius 2 is 0.595 bits per heavy atom. The Balaban J connectivity index is 0.975. The van der Waals surface area contributed by atoms with Crippen LogP contribution in [-0.4, -0.2) is 39.0 Å². The fourth-order valence-electron chi connectivity index (χ4n) is 12.5. The zero-order valence-corrected chi connectivity index (χ0v) is 46.7. The van der Waals surface area contributed by atoms with Crippen molar-refractivity contribution in [2.24, 2.45) is 0 Å². The van der Waals surface area contributed by atoms with Crippen molar-refractivity contribution in [2.45, 2.75) is 38.5 Å². The zero-order chi connectivity index (χ0) is 53.3. The highest BCUT2D eigenvalue weighted by atomic mass is 28.3. The van der Waals surface area contributed by atoms with Gasteiger partial charge in [0.1, 0.15) is 5.75 Å². The number of benzene rings is 11. The molecule has 0 radical (unpaired) electrons. The average Bonchev–Trinajstić information content (AvgIpc) is 4.00. The summed E-state index contributed by atoms with van der Waals surface area (Å²) in [5.74, 6) is 0.881. The first-order chi connectivity index (χ1) is 39.2. The number of aliphatic hydroxyl groups is 1. The molecule has 11 aromatic carbocycles. The van der Waals surface area contributed by atoms with Crippen LogP contribution in [0.5, 0.6) is 5.75 Å². The predicted molar refractivity (Wildman–Crippen MR) is 339 cm³/mol. The Morgan fingerprint density at radius 1 is 0.291 bits per heavy atom. The predicted octanol–water partition coefficient (Wildman–Crippen LogP) is 12.6. The molecule has 0 amide bonds. The second-order valence-electron chi connectivity index (χ2n) is 20.8. The number of rotatable bonds is 20. The largest absolute Gasteiger partial charge is 0.491 e. The van der Waals surface area contributed by atoms with Gasteiger partial charge in [-0.2, -0.15) is 0 Å². The highest BCUT2D eigenvalue weighted by Crippen LogP contribution is 2.39. The summed E-state index contributed by atoms with van der Waals surface area (Å²) in [4.78, 5) is 0. The van der Waals surface area contributed by atoms with Gasteiger partial charge in [-0.05, 0) is 113 Å². The van der Waals surface area contributed by atoms with E-state index in [1.54, 1.807) is 0 Å². The Labute approximate surface area is 467 Å². The van der Waals surface area contributed by atoms with E-state index in [1.807, 2.05) is 0 Å². The van der Waals surface area contributed by atoms with Crippen molar-refractivity contribution in [2.75, 3.05) is 13.2 Å². The first kappa shape index (κ1) is 51.2. The minimum Gasteiger partial charge on any atom is -0.491 e. The van der Waals surface area contributed by atoms with Gasteiger partial charge in [0, 0.05) is 17.4 Å². The van der Waals surface area contributed by atoms with Crippen LogP contribution in [0.25, 0.3) is 49.7 Å². The van der Waals surface area contributed by atoms with Crippen molar-refractivity contribution in [3.8, 4) is 33.7 Å². The monoisotopic (exact) mass is 1060 g/mol. The fourth-order valence-corrected chi connectivity index (χ4v) is 22.0. The SMILES string of the molecule is OCCCCCCCCOc1ccccc1-n1c2ccc(-c3ccc([Si](c4ccccc4)(c4ccccc4)c4ccccc4)cc3)cc2c2cc(-c3ccc([Si](c4ccccc4)(c4ccccc4)c4ccccc4)cc3)ccc21. The van der Waals surface area contributed by atoms with Crippen LogP contribution in [0.4, 0.5) is 0 Å². The molecule has 0 atom stereocenters. The molecule has 0 fully saturated rings. The van der Waals surface area contributed by atoms with Crippen molar-refractivity contribution in [3.63, 3.8) is 0 Å². The van der Waals surface area contributed by atoms with Crippen LogP contribution in [0.15, 0.2) is 291 Å². The molecule has 0 aliphatic rings. The molecular weight excluding hydrogens is 991 g/mol. The van der Waals surface area contributed by atoms with Crippen LogP contribution in [0.2, 0.25) is 0 Å². The molecule has 1 aromatic heterocycles. The van der Waals surface area contributed by atoms with Gasteiger partial charge < -0.3 is 14.4 Å². The molecule has 5 heteroatoms. The Morgan fingerprint density at radius 3 is 0.962 bits per heavy atom. The molecule has 1 N–H and O–H groups in total. The summed E-state index contributed by atoms with van der Waals surface area (Å²) in [5, 5.41) is 22.5. The number of hydrogen-bond donors (Lipinski definition) is 1. The lowest BCUT2D eigenvalue weighted by Crippen LogP contribution is -2.74. The van der Waals surface area contributed by atoms with Crippen molar-refractivity contribution in [1.82, 2.24) is 4.57 Å². The van der Waals surface area contributed by atoms with E-state index in [0.29, 0.717) is 6.61 Å². The topological polar surface area (TPSA) is 34.4 Å². The van der Waals surface area contributed by atoms with Crippen molar-refractivity contribution < 1.29 is 9.84 Å². The number of fused-ring (bicyclic) bond motifs is 3. The van der Waals surface area contributed by atoms with Crippen LogP contribution in [0.1, 0.15) is 38.5 Å². The molecule has 3 nitrogen and oxygen atoms in total. The van der Waals surface area contributed by atoms with Crippen LogP contribution in [-0.2, 0) is 0 Å². The van der Waals surface area contributed by atoms with E-state index in [9.17, 15) is 5.11 Å². The van der Waals surface area contributed by atoms with Gasteiger partial charge in [0.2, 0.25) is 0 Å². The number of nitrogens with zero attached hydrogens (tertiary/aromatic N) is 1. The lowest BCUT2D eigenvalue weighted by atomic mass is 10.0. The van der Waals surface area contributed by atoms with E-state index in [4.69, 9.17) is 4.74 Å². The molecule has 0 saturated heterocycles. The molecule has 0 bridgehead atoms. The summed E-state index contributed by atoms with van der Waals surface area (Å²) in [6, 6.07) is 108. The van der Waals surface area contributed by atoms with Gasteiger partial charge in [0.25, 0.3) is 0 Å². The number of ether oxygens (including phenoxy) is 1. The Kier molecular flexibility index (Phi) is 15.3. The van der Waals surface area contributed by atoms with Crippen LogP contribution in [0, 0.1) is 0 Å². The van der Waals surface area contributed by atoms with Gasteiger partial charge in [-0.15, -0.1) is 0 Å². The standard InChI is InChI=1S/C74H65NO2Si2/c76-53-25-3-1-2-4-26-54-77-74-40-24-23-39-73(74)75-71-51-45-59(57-41-47-67(48-42-57)78(61-27-11-5-12-28-61,62-29-13-6-14-30-62)63-31-15-7-16-32-63)55-69(71)70-56-60(46-52-72(70)75)58-43-49-68(50-44-58)79(64-33-17-8-18-34-64,65-35-19-9-20-36-65)66-37-21-10-22-38-66/h5-24,27-52,55-56,76H,1-4,25-26,53-54H2. The molecule has 12 rings (SSSR count). The summed E-state index contributed by atoms with van der Waals surface area (Å²) in [5.41, 5.74) is 8.01. The lowest BCUT2D eigenvalue weighted by Gasteiger charge is -2.34. The molecule has 386 valence electrons. The molecule has 0 saturated carbocycles. The van der Waals surface area contributed by atoms with Crippen LogP contribution < -0.4 is 46.2 Å². The van der Waals surface area contributed by atoms with Gasteiger partial charge >= 0.3 is 0 Å². The number of hydrogen-bond acceptors (Lipinski definition) is 2. The third kappa shape index (κ3) is 9.91. The maximum atomic E-state index is 9.25. The maximum Gasteiger partial charge on any atom is 0.179 e. The van der Waals surface area contributed by atoms with E-state index < -0.39 is 16.1 Å². The first-order valence-corrected chi connectivity index (χ1v) is 32.1. The highest BCUT2D eigenvalue weighted by Gasteiger charge is 2.42. The summed E-state index contributed by atoms with van der Waals surface area (Å²) in [7, 11) is -5.38. The zero-order valence-electron chi connectivity index (χ0n) is 44.7. The quantitative estimate of drug-likeness (QED) is 0.0469. The molecule has 12 aromatic rings. The van der Waals surface area contributed by atoms with Gasteiger partial charge in [-0.25, -0.2) is 0 Å². The molecule has 1 heterocycles. The Bertz CT molecular complexity index is 3490. The second kappa shape index (κ2) is 23.6. The van der Waals surface area contributed by atoms with E-state index in [-0.39, 0.29) is 6.61 Å². The summed E-state index contributed by atoms with van der Waals surface area (Å²) >= 11 is 0. The maximum absolute atomic E-state index is 9.25. The second-order valence-corrected chi connectivity index (χ2v) is 28.4. The number of aromatic nitrogens is 1. The molecular formula is C74H65NO2Si2. The minimum absolute atomic E-state index is 0.272. The third-order valence-electron chi connectivity index (χ3n) is 16.2. The number of unbranched alkanes of at least 4 members (excludes halogenated alkanes) is 5. The van der Waals surface area contributed by atoms with Crippen molar-refractivity contribution in [1.29, 1.82) is 0 Å². The van der Waals surface area contributed by atoms with E-state index in [0.717, 1.165) is 61.0 Å². The van der Waals surface area contributed by atoms with Crippen molar-refractivity contribution in [3.05, 3.63) is 291 Å². The smallest absolute Gasteiger partial charge is 0.179 e. The molecule has 0 aliphatic carbocycles. The third-order valence-corrected chi connectivity index (χ3v) is 25.8. The van der Waals surface area contributed by atoms with Gasteiger partial charge in [0.05, 0.1) is 23.3 Å². The fraction of sp³-hybridized carbons (Fsp3) is 0.108. The van der Waals surface area contributed by atoms with Gasteiger partial charge in [0.15, 0.2) is 16.1 Å². The van der Waals surface area contributed by atoms with Gasteiger partial charge in [-0.1, -0.05) is 280 Å². The first-order valence-electron chi connectivity index (χ1n) is 28.1. The van der Waals surface area contributed by atoms with Crippen molar-refractivity contribution >= 4 is 79.4 Å². The summed E-state index contributed by atoms with van der Waals surface area (Å²) in [6.07, 6.45) is 6.35. The number of aliphatic hydroxyl groups excluding tert-OH is 1. The minimum atomic E-state index is -2.69. The number of para-hydroxylation sites is 2. The summed E-state index contributed by atoms with van der Waals surface area (Å²) < 4.78 is 9.10. The molecule has 0 aliphatic heterocycles. The highest BCUT2D eigenvalue weighted by molar-refractivity contribution is 7.20. The van der Waals surface area contributed by atoms with E-state index in [2.05, 4.69) is 296 Å². The van der Waals surface area contributed by atoms with Crippen LogP contribution >= 0.6 is 0 Å². The molecule has 0 unspecified atom stereocenters. The lowest BCUT2D eigenvalue weighted by molar-refractivity contribution is 0.280. The van der Waals surface area contributed by atoms with E-state index in [1.165, 1.54) is 74.5 Å². The normalized spacial score (nSPS) is 11.8. The molecule has 79 heavy (non-hydrogen) atoms. The molecule has 0 spiro atoms. The Hall–Kier alpha value is -8.59. The average molecular weight is 1060 g/mol. The van der Waals surface area contributed by atoms with Crippen LogP contribution in [0.3, 0.4) is 0 Å². The summed E-state index contributed by atoms with van der Waals surface area (Å²) in [6.45, 7) is 0.925. The van der Waals surface area contributed by atoms with Gasteiger partial charge in [-0.3, -0.25) is 0 Å².